The van der Waals surface area contributed by atoms with Gasteiger partial charge < -0.3 is 9.30 Å². The van der Waals surface area contributed by atoms with Crippen molar-refractivity contribution in [2.24, 2.45) is 0 Å². The minimum Gasteiger partial charge on any atom is -0.509 e. The minimum atomic E-state index is 0. The summed E-state index contributed by atoms with van der Waals surface area (Å²) in [6.45, 7) is 11.1. The quantitative estimate of drug-likeness (QED) is 0.137. The molecule has 0 saturated heterocycles. The van der Waals surface area contributed by atoms with Crippen LogP contribution in [-0.2, 0) is 33.9 Å². The average molecular weight is 798 g/mol. The molecule has 0 amide bonds. The molecule has 6 heteroatoms. The summed E-state index contributed by atoms with van der Waals surface area (Å²) in [5, 5.41) is 7.01. The Morgan fingerprint density at radius 3 is 2.43 bits per heavy atom. The van der Waals surface area contributed by atoms with Gasteiger partial charge in [0.05, 0.1) is 6.20 Å². The third-order valence-electron chi connectivity index (χ3n) is 8.80. The molecule has 0 bridgehead atoms. The Kier molecular flexibility index (Phi) is 9.47. The van der Waals surface area contributed by atoms with Gasteiger partial charge in [-0.15, -0.1) is 35.7 Å². The van der Waals surface area contributed by atoms with Crippen LogP contribution in [0.2, 0.25) is 0 Å². The van der Waals surface area contributed by atoms with Gasteiger partial charge in [0.2, 0.25) is 0 Å². The predicted octanol–water partition coefficient (Wildman–Crippen LogP) is 10.3. The first-order chi connectivity index (χ1) is 22.4. The van der Waals surface area contributed by atoms with Crippen LogP contribution < -0.4 is 4.74 Å². The van der Waals surface area contributed by atoms with Crippen molar-refractivity contribution < 1.29 is 25.8 Å². The van der Waals surface area contributed by atoms with E-state index in [1.54, 1.807) is 0 Å². The summed E-state index contributed by atoms with van der Waals surface area (Å²) in [6.07, 6.45) is 10.4. The SMILES string of the molecule is CCCc1cc(C)c(-c2cnn(-c3[c-]c(Oc4[c-]c5c(cc4)c4ccccc4n5-c4cc(C)ccn4)ccc3)c2)c(C)c1CCC.[Pt+2]. The molecular formula is C41H38N4OPt. The van der Waals surface area contributed by atoms with Gasteiger partial charge in [-0.25, -0.2) is 4.98 Å². The zero-order valence-corrected chi connectivity index (χ0v) is 29.8. The number of pyridine rings is 1. The number of aryl methyl sites for hydroxylation is 3. The topological polar surface area (TPSA) is 44.9 Å². The Morgan fingerprint density at radius 1 is 0.809 bits per heavy atom. The van der Waals surface area contributed by atoms with Crippen LogP contribution in [0.25, 0.3) is 44.4 Å². The molecule has 5 nitrogen and oxygen atoms in total. The third-order valence-corrected chi connectivity index (χ3v) is 8.80. The van der Waals surface area contributed by atoms with Gasteiger partial charge in [0.25, 0.3) is 0 Å². The van der Waals surface area contributed by atoms with E-state index in [1.807, 2.05) is 47.4 Å². The first kappa shape index (κ1) is 32.5. The van der Waals surface area contributed by atoms with E-state index in [1.165, 1.54) is 27.8 Å². The van der Waals surface area contributed by atoms with E-state index >= 15 is 0 Å². The Labute approximate surface area is 291 Å². The van der Waals surface area contributed by atoms with Crippen LogP contribution in [0.15, 0.2) is 91.4 Å². The van der Waals surface area contributed by atoms with Crippen molar-refractivity contribution >= 4 is 21.8 Å². The molecular weight excluding hydrogens is 760 g/mol. The molecule has 0 N–H and O–H groups in total. The molecule has 0 radical (unpaired) electrons. The Balaban J connectivity index is 0.00000386. The van der Waals surface area contributed by atoms with Crippen LogP contribution in [0.3, 0.4) is 0 Å². The standard InChI is InChI=1S/C41H38N4O.Pt/c1-6-11-30-22-28(4)41(29(5)35(30)12-7-2)31-25-43-44(26-31)32-13-10-14-33(23-32)46-34-17-18-37-36-15-8-9-16-38(36)45(39(37)24-34)40-21-27(3)19-20-42-40;/h8-10,13-22,25-26H,6-7,11-12H2,1-5H3;/q-2;+2. The molecule has 3 aromatic heterocycles. The van der Waals surface area contributed by atoms with Gasteiger partial charge in [-0.3, -0.25) is 4.68 Å². The largest absolute Gasteiger partial charge is 2.00 e. The van der Waals surface area contributed by atoms with Crippen LogP contribution in [0.5, 0.6) is 11.5 Å². The summed E-state index contributed by atoms with van der Waals surface area (Å²) in [4.78, 5) is 4.69. The molecule has 238 valence electrons. The second-order valence-electron chi connectivity index (χ2n) is 12.1. The number of nitrogens with zero attached hydrogens (tertiary/aromatic N) is 4. The molecule has 0 fully saturated rings. The summed E-state index contributed by atoms with van der Waals surface area (Å²) >= 11 is 0. The fraction of sp³-hybridized carbons (Fsp3) is 0.220. The van der Waals surface area contributed by atoms with Crippen LogP contribution in [0.4, 0.5) is 0 Å². The monoisotopic (exact) mass is 797 g/mol. The van der Waals surface area contributed by atoms with Crippen molar-refractivity contribution in [3.05, 3.63) is 131 Å². The van der Waals surface area contributed by atoms with Gasteiger partial charge in [0, 0.05) is 35.0 Å². The van der Waals surface area contributed by atoms with Crippen molar-refractivity contribution in [1.29, 1.82) is 0 Å². The molecule has 0 atom stereocenters. The normalized spacial score (nSPS) is 11.3. The van der Waals surface area contributed by atoms with Gasteiger partial charge in [-0.2, -0.15) is 17.2 Å². The van der Waals surface area contributed by atoms with Gasteiger partial charge >= 0.3 is 21.1 Å². The Hall–Kier alpha value is -4.47. The van der Waals surface area contributed by atoms with E-state index in [4.69, 9.17) is 9.84 Å². The second kappa shape index (κ2) is 13.7. The molecule has 0 saturated carbocycles. The first-order valence-corrected chi connectivity index (χ1v) is 16.2. The van der Waals surface area contributed by atoms with Crippen LogP contribution in [-0.4, -0.2) is 19.3 Å². The van der Waals surface area contributed by atoms with Crippen molar-refractivity contribution in [1.82, 2.24) is 19.3 Å². The van der Waals surface area contributed by atoms with Gasteiger partial charge in [-0.1, -0.05) is 56.5 Å². The molecule has 3 heterocycles. The van der Waals surface area contributed by atoms with Crippen molar-refractivity contribution in [2.45, 2.75) is 60.3 Å². The Bertz CT molecular complexity index is 2210. The van der Waals surface area contributed by atoms with E-state index in [-0.39, 0.29) is 21.1 Å². The van der Waals surface area contributed by atoms with Crippen LogP contribution in [0.1, 0.15) is 54.5 Å². The molecule has 0 aliphatic rings. The average Bonchev–Trinajstić information content (AvgIpc) is 3.66. The number of ether oxygens (including phenoxy) is 1. The van der Waals surface area contributed by atoms with Crippen molar-refractivity contribution in [2.75, 3.05) is 0 Å². The second-order valence-corrected chi connectivity index (χ2v) is 12.1. The summed E-state index contributed by atoms with van der Waals surface area (Å²) in [6, 6.07) is 31.8. The summed E-state index contributed by atoms with van der Waals surface area (Å²) in [5.41, 5.74) is 12.0. The fourth-order valence-electron chi connectivity index (χ4n) is 6.79. The molecule has 7 rings (SSSR count). The summed E-state index contributed by atoms with van der Waals surface area (Å²) in [5.74, 6) is 2.07. The first-order valence-electron chi connectivity index (χ1n) is 16.2. The summed E-state index contributed by atoms with van der Waals surface area (Å²) < 4.78 is 10.4. The van der Waals surface area contributed by atoms with Crippen molar-refractivity contribution in [3.63, 3.8) is 0 Å². The van der Waals surface area contributed by atoms with E-state index in [2.05, 4.69) is 105 Å². The van der Waals surface area contributed by atoms with E-state index in [9.17, 15) is 0 Å². The zero-order chi connectivity index (χ0) is 31.8. The number of hydrogen-bond donors (Lipinski definition) is 0. The minimum absolute atomic E-state index is 0. The number of benzene rings is 4. The van der Waals surface area contributed by atoms with Crippen LogP contribution in [0, 0.1) is 32.9 Å². The molecule has 0 unspecified atom stereocenters. The predicted molar refractivity (Wildman–Crippen MR) is 188 cm³/mol. The molecule has 7 aromatic rings. The number of rotatable bonds is 9. The third kappa shape index (κ3) is 6.17. The van der Waals surface area contributed by atoms with Crippen molar-refractivity contribution in [3.8, 4) is 34.1 Å². The fourth-order valence-corrected chi connectivity index (χ4v) is 6.79. The maximum Gasteiger partial charge on any atom is 2.00 e. The number of aromatic nitrogens is 4. The van der Waals surface area contributed by atoms with E-state index < -0.39 is 0 Å². The van der Waals surface area contributed by atoms with Gasteiger partial charge in [0.1, 0.15) is 5.82 Å². The number of hydrogen-bond acceptors (Lipinski definition) is 3. The van der Waals surface area contributed by atoms with Crippen LogP contribution >= 0.6 is 0 Å². The zero-order valence-electron chi connectivity index (χ0n) is 27.5. The molecule has 4 aromatic carbocycles. The maximum absolute atomic E-state index is 6.38. The van der Waals surface area contributed by atoms with Gasteiger partial charge in [0.15, 0.2) is 0 Å². The van der Waals surface area contributed by atoms with E-state index in [0.29, 0.717) is 11.5 Å². The van der Waals surface area contributed by atoms with Gasteiger partial charge in [-0.05, 0) is 96.3 Å². The smallest absolute Gasteiger partial charge is 0.509 e. The number of fused-ring (bicyclic) bond motifs is 3. The molecule has 47 heavy (non-hydrogen) atoms. The molecule has 0 aliphatic heterocycles. The Morgan fingerprint density at radius 2 is 1.62 bits per heavy atom. The van der Waals surface area contributed by atoms with E-state index in [0.717, 1.165) is 70.1 Å². The molecule has 0 spiro atoms. The number of para-hydroxylation sites is 1. The summed E-state index contributed by atoms with van der Waals surface area (Å²) in [7, 11) is 0. The molecule has 0 aliphatic carbocycles. The maximum atomic E-state index is 6.38.